The molecular weight excluding hydrogens is 949 g/mol. The number of unbranched alkanes of at least 4 members (excludes halogenated alkanes) is 50. The van der Waals surface area contributed by atoms with Crippen molar-refractivity contribution in [2.24, 2.45) is 0 Å². The minimum Gasteiger partial charge on any atom is -0.462 e. The molecule has 0 bridgehead atoms. The molecule has 0 rings (SSSR count). The molecule has 6 nitrogen and oxygen atoms in total. The lowest BCUT2D eigenvalue weighted by molar-refractivity contribution is -0.167. The Morgan fingerprint density at radius 1 is 0.247 bits per heavy atom. The van der Waals surface area contributed by atoms with Crippen molar-refractivity contribution in [2.75, 3.05) is 13.2 Å². The summed E-state index contributed by atoms with van der Waals surface area (Å²) in [7, 11) is 0. The van der Waals surface area contributed by atoms with Crippen LogP contribution in [0.1, 0.15) is 393 Å². The SMILES string of the molecule is CCCCCC/C=C\CCCCCCCC(=O)OCC(COC(=O)CCCCCCCCCCCCCCCCCCCCCCCCCCCCCCCC)OC(=O)CCCCCCC/C=C\CCCCCCCCC. The Morgan fingerprint density at radius 3 is 0.662 bits per heavy atom. The van der Waals surface area contributed by atoms with Gasteiger partial charge in [0.25, 0.3) is 0 Å². The number of allylic oxidation sites excluding steroid dienone is 4. The van der Waals surface area contributed by atoms with Crippen molar-refractivity contribution >= 4 is 17.9 Å². The third-order valence-electron chi connectivity index (χ3n) is 15.9. The van der Waals surface area contributed by atoms with Crippen molar-refractivity contribution in [3.63, 3.8) is 0 Å². The Bertz CT molecular complexity index is 1240. The summed E-state index contributed by atoms with van der Waals surface area (Å²) in [5.74, 6) is -0.863. The van der Waals surface area contributed by atoms with Crippen LogP contribution in [0.25, 0.3) is 0 Å². The molecule has 1 unspecified atom stereocenters. The second kappa shape index (κ2) is 66.4. The van der Waals surface area contributed by atoms with Crippen LogP contribution in [-0.4, -0.2) is 37.2 Å². The van der Waals surface area contributed by atoms with Crippen LogP contribution in [0.15, 0.2) is 24.3 Å². The van der Waals surface area contributed by atoms with Gasteiger partial charge in [0, 0.05) is 19.3 Å². The maximum Gasteiger partial charge on any atom is 0.306 e. The van der Waals surface area contributed by atoms with Gasteiger partial charge in [-0.05, 0) is 70.6 Å². The number of carbonyl (C=O) groups excluding carboxylic acids is 3. The summed E-state index contributed by atoms with van der Waals surface area (Å²) in [6, 6.07) is 0. The van der Waals surface area contributed by atoms with Gasteiger partial charge in [0.05, 0.1) is 0 Å². The Kier molecular flexibility index (Phi) is 64.6. The monoisotopic (exact) mass is 1080 g/mol. The van der Waals surface area contributed by atoms with E-state index in [1.807, 2.05) is 0 Å². The summed E-state index contributed by atoms with van der Waals surface area (Å²) in [5, 5.41) is 0. The molecule has 0 aromatic carbocycles. The smallest absolute Gasteiger partial charge is 0.306 e. The van der Waals surface area contributed by atoms with Crippen LogP contribution in [0.2, 0.25) is 0 Å². The summed E-state index contributed by atoms with van der Waals surface area (Å²) in [6.45, 7) is 6.68. The lowest BCUT2D eigenvalue weighted by Gasteiger charge is -2.18. The van der Waals surface area contributed by atoms with Crippen LogP contribution in [0, 0.1) is 0 Å². The van der Waals surface area contributed by atoms with Crippen LogP contribution < -0.4 is 0 Å². The zero-order valence-corrected chi connectivity index (χ0v) is 52.3. The fourth-order valence-electron chi connectivity index (χ4n) is 10.7. The second-order valence-corrected chi connectivity index (χ2v) is 23.8. The van der Waals surface area contributed by atoms with Crippen molar-refractivity contribution in [1.29, 1.82) is 0 Å². The van der Waals surface area contributed by atoms with Gasteiger partial charge in [-0.25, -0.2) is 0 Å². The first-order chi connectivity index (χ1) is 38.0. The van der Waals surface area contributed by atoms with Gasteiger partial charge in [-0.1, -0.05) is 328 Å². The highest BCUT2D eigenvalue weighted by Gasteiger charge is 2.19. The number of ether oxygens (including phenoxy) is 3. The fourth-order valence-corrected chi connectivity index (χ4v) is 10.7. The van der Waals surface area contributed by atoms with Gasteiger partial charge in [0.1, 0.15) is 13.2 Å². The molecule has 0 aromatic heterocycles. The molecule has 6 heteroatoms. The van der Waals surface area contributed by atoms with E-state index in [0.29, 0.717) is 19.3 Å². The predicted octanol–water partition coefficient (Wildman–Crippen LogP) is 23.8. The van der Waals surface area contributed by atoms with E-state index in [0.717, 1.165) is 70.6 Å². The highest BCUT2D eigenvalue weighted by Crippen LogP contribution is 2.19. The molecule has 0 radical (unpaired) electrons. The summed E-state index contributed by atoms with van der Waals surface area (Å²) in [6.07, 6.45) is 80.8. The topological polar surface area (TPSA) is 78.9 Å². The number of esters is 3. The molecule has 0 amide bonds. The highest BCUT2D eigenvalue weighted by atomic mass is 16.6. The van der Waals surface area contributed by atoms with E-state index in [1.54, 1.807) is 0 Å². The Hall–Kier alpha value is -2.11. The zero-order valence-electron chi connectivity index (χ0n) is 52.3. The minimum atomic E-state index is -0.777. The van der Waals surface area contributed by atoms with Crippen molar-refractivity contribution in [3.05, 3.63) is 24.3 Å². The van der Waals surface area contributed by atoms with Gasteiger partial charge in [-0.15, -0.1) is 0 Å². The van der Waals surface area contributed by atoms with E-state index >= 15 is 0 Å². The molecule has 0 aliphatic heterocycles. The maximum absolute atomic E-state index is 12.9. The van der Waals surface area contributed by atoms with Crippen LogP contribution in [0.4, 0.5) is 0 Å². The van der Waals surface area contributed by atoms with Gasteiger partial charge in [-0.2, -0.15) is 0 Å². The highest BCUT2D eigenvalue weighted by molar-refractivity contribution is 5.71. The van der Waals surface area contributed by atoms with Crippen molar-refractivity contribution in [3.8, 4) is 0 Å². The molecule has 0 saturated carbocycles. The van der Waals surface area contributed by atoms with E-state index in [9.17, 15) is 14.4 Å². The molecule has 454 valence electrons. The maximum atomic E-state index is 12.9. The summed E-state index contributed by atoms with van der Waals surface area (Å²) in [4.78, 5) is 38.3. The molecule has 0 aliphatic carbocycles. The summed E-state index contributed by atoms with van der Waals surface area (Å²) < 4.78 is 16.9. The number of hydrogen-bond donors (Lipinski definition) is 0. The molecule has 0 fully saturated rings. The average molecular weight is 1080 g/mol. The van der Waals surface area contributed by atoms with E-state index in [4.69, 9.17) is 14.2 Å². The zero-order chi connectivity index (χ0) is 55.7. The Balaban J connectivity index is 4.13. The van der Waals surface area contributed by atoms with Crippen molar-refractivity contribution in [2.45, 2.75) is 399 Å². The van der Waals surface area contributed by atoms with Gasteiger partial charge >= 0.3 is 17.9 Å². The fraction of sp³-hybridized carbons (Fsp3) is 0.901. The standard InChI is InChI=1S/C71H134O6/c1-4-7-10-13-16-19-22-25-27-29-30-31-32-33-34-35-36-37-38-39-40-41-42-44-46-49-52-55-58-61-64-70(73)76-67-68(66-75-69(72)63-60-57-54-51-48-45-24-21-18-15-12-9-6-3)77-71(74)65-62-59-56-53-50-47-43-28-26-23-20-17-14-11-8-5-2/h21,24,28,43,68H,4-20,22-23,25-27,29-42,44-67H2,1-3H3/b24-21-,43-28-. The summed E-state index contributed by atoms with van der Waals surface area (Å²) >= 11 is 0. The van der Waals surface area contributed by atoms with Crippen LogP contribution >= 0.6 is 0 Å². The normalized spacial score (nSPS) is 12.1. The third-order valence-corrected chi connectivity index (χ3v) is 15.9. The first kappa shape index (κ1) is 74.9. The molecule has 0 N–H and O–H groups in total. The van der Waals surface area contributed by atoms with Crippen molar-refractivity contribution in [1.82, 2.24) is 0 Å². The predicted molar refractivity (Wildman–Crippen MR) is 335 cm³/mol. The number of hydrogen-bond acceptors (Lipinski definition) is 6. The van der Waals surface area contributed by atoms with E-state index in [-0.39, 0.29) is 31.1 Å². The minimum absolute atomic E-state index is 0.0723. The molecule has 1 atom stereocenters. The van der Waals surface area contributed by atoms with E-state index in [1.165, 1.54) is 283 Å². The van der Waals surface area contributed by atoms with E-state index < -0.39 is 6.10 Å². The summed E-state index contributed by atoms with van der Waals surface area (Å²) in [5.41, 5.74) is 0. The number of carbonyl (C=O) groups is 3. The van der Waals surface area contributed by atoms with Crippen LogP contribution in [0.5, 0.6) is 0 Å². The Morgan fingerprint density at radius 2 is 0.429 bits per heavy atom. The van der Waals surface area contributed by atoms with Gasteiger partial charge < -0.3 is 14.2 Å². The van der Waals surface area contributed by atoms with Crippen LogP contribution in [0.3, 0.4) is 0 Å². The first-order valence-corrected chi connectivity index (χ1v) is 34.8. The van der Waals surface area contributed by atoms with Gasteiger partial charge in [0.15, 0.2) is 6.10 Å². The number of rotatable bonds is 65. The van der Waals surface area contributed by atoms with Crippen molar-refractivity contribution < 1.29 is 28.6 Å². The molecule has 0 aliphatic rings. The lowest BCUT2D eigenvalue weighted by atomic mass is 10.0. The molecule has 0 spiro atoms. The lowest BCUT2D eigenvalue weighted by Crippen LogP contribution is -2.30. The first-order valence-electron chi connectivity index (χ1n) is 34.8. The largest absolute Gasteiger partial charge is 0.462 e. The quantitative estimate of drug-likeness (QED) is 0.0261. The molecular formula is C71H134O6. The average Bonchev–Trinajstić information content (AvgIpc) is 3.43. The van der Waals surface area contributed by atoms with Gasteiger partial charge in [0.2, 0.25) is 0 Å². The molecule has 0 heterocycles. The van der Waals surface area contributed by atoms with Gasteiger partial charge in [-0.3, -0.25) is 14.4 Å². The third kappa shape index (κ3) is 64.6. The Labute approximate surface area is 481 Å². The molecule has 0 saturated heterocycles. The molecule has 0 aromatic rings. The van der Waals surface area contributed by atoms with E-state index in [2.05, 4.69) is 45.1 Å². The second-order valence-electron chi connectivity index (χ2n) is 23.8. The molecule has 77 heavy (non-hydrogen) atoms. The van der Waals surface area contributed by atoms with Crippen LogP contribution in [-0.2, 0) is 28.6 Å².